The van der Waals surface area contributed by atoms with Gasteiger partial charge in [0.2, 0.25) is 5.91 Å². The number of amides is 1. The van der Waals surface area contributed by atoms with Crippen LogP contribution in [-0.2, 0) is 20.7 Å². The second-order valence-electron chi connectivity index (χ2n) is 6.58. The quantitative estimate of drug-likeness (QED) is 0.791. The van der Waals surface area contributed by atoms with Crippen molar-refractivity contribution >= 4 is 11.9 Å². The molecule has 0 saturated carbocycles. The molecular weight excluding hydrogens is 292 g/mol. The standard InChI is InChI=1S/C18H24N2O3/c1-13-3-5-15(6-4-13)12-17(21)20-9-7-19(8-10-20)16-11-14(2)23-18(16)22/h3-6,14,16H,7-12H2,1-2H3/t14-,16+/m1/s1. The van der Waals surface area contributed by atoms with Crippen LogP contribution in [0.4, 0.5) is 0 Å². The first kappa shape index (κ1) is 16.0. The van der Waals surface area contributed by atoms with E-state index in [1.165, 1.54) is 5.56 Å². The van der Waals surface area contributed by atoms with Crippen molar-refractivity contribution in [1.82, 2.24) is 9.80 Å². The smallest absolute Gasteiger partial charge is 0.323 e. The van der Waals surface area contributed by atoms with Gasteiger partial charge in [0.1, 0.15) is 12.1 Å². The SMILES string of the molecule is Cc1ccc(CC(=O)N2CCN([C@H]3C[C@@H](C)OC3=O)CC2)cc1. The monoisotopic (exact) mass is 316 g/mol. The molecule has 0 N–H and O–H groups in total. The van der Waals surface area contributed by atoms with E-state index in [2.05, 4.69) is 4.90 Å². The fraction of sp³-hybridized carbons (Fsp3) is 0.556. The van der Waals surface area contributed by atoms with E-state index in [-0.39, 0.29) is 24.0 Å². The van der Waals surface area contributed by atoms with Crippen molar-refractivity contribution in [2.45, 2.75) is 38.8 Å². The number of carbonyl (C=O) groups is 2. The largest absolute Gasteiger partial charge is 0.461 e. The first-order valence-corrected chi connectivity index (χ1v) is 8.31. The zero-order chi connectivity index (χ0) is 16.4. The summed E-state index contributed by atoms with van der Waals surface area (Å²) in [6, 6.07) is 7.97. The zero-order valence-electron chi connectivity index (χ0n) is 13.8. The van der Waals surface area contributed by atoms with Crippen molar-refractivity contribution in [3.63, 3.8) is 0 Å². The van der Waals surface area contributed by atoms with Gasteiger partial charge in [-0.05, 0) is 19.4 Å². The van der Waals surface area contributed by atoms with Gasteiger partial charge in [0.05, 0.1) is 6.42 Å². The molecule has 1 amide bonds. The Hall–Kier alpha value is -1.88. The van der Waals surface area contributed by atoms with Crippen molar-refractivity contribution in [2.75, 3.05) is 26.2 Å². The van der Waals surface area contributed by atoms with Gasteiger partial charge in [-0.3, -0.25) is 14.5 Å². The van der Waals surface area contributed by atoms with E-state index in [0.29, 0.717) is 19.5 Å². The number of hydrogen-bond donors (Lipinski definition) is 0. The van der Waals surface area contributed by atoms with Crippen LogP contribution in [0.5, 0.6) is 0 Å². The lowest BCUT2D eigenvalue weighted by molar-refractivity contribution is -0.145. The Morgan fingerprint density at radius 1 is 1.17 bits per heavy atom. The molecule has 1 aromatic rings. The Labute approximate surface area is 137 Å². The topological polar surface area (TPSA) is 49.9 Å². The van der Waals surface area contributed by atoms with Gasteiger partial charge in [-0.1, -0.05) is 29.8 Å². The van der Waals surface area contributed by atoms with Crippen LogP contribution < -0.4 is 0 Å². The summed E-state index contributed by atoms with van der Waals surface area (Å²) >= 11 is 0. The summed E-state index contributed by atoms with van der Waals surface area (Å²) in [6.07, 6.45) is 1.22. The Morgan fingerprint density at radius 3 is 2.39 bits per heavy atom. The molecule has 0 aliphatic carbocycles. The average molecular weight is 316 g/mol. The van der Waals surface area contributed by atoms with Crippen molar-refractivity contribution in [3.05, 3.63) is 35.4 Å². The van der Waals surface area contributed by atoms with Crippen molar-refractivity contribution in [1.29, 1.82) is 0 Å². The third kappa shape index (κ3) is 3.72. The van der Waals surface area contributed by atoms with Crippen molar-refractivity contribution in [2.24, 2.45) is 0 Å². The van der Waals surface area contributed by atoms with Gasteiger partial charge in [-0.15, -0.1) is 0 Å². The third-order valence-electron chi connectivity index (χ3n) is 4.73. The third-order valence-corrected chi connectivity index (χ3v) is 4.73. The van der Waals surface area contributed by atoms with Crippen LogP contribution in [0.3, 0.4) is 0 Å². The highest BCUT2D eigenvalue weighted by molar-refractivity contribution is 5.79. The molecule has 2 heterocycles. The molecule has 2 aliphatic rings. The molecule has 0 spiro atoms. The number of nitrogens with zero attached hydrogens (tertiary/aromatic N) is 2. The summed E-state index contributed by atoms with van der Waals surface area (Å²) in [7, 11) is 0. The van der Waals surface area contributed by atoms with Crippen LogP contribution >= 0.6 is 0 Å². The summed E-state index contributed by atoms with van der Waals surface area (Å²) in [5, 5.41) is 0. The molecule has 0 aromatic heterocycles. The highest BCUT2D eigenvalue weighted by Gasteiger charge is 2.38. The van der Waals surface area contributed by atoms with E-state index < -0.39 is 0 Å². The first-order chi connectivity index (χ1) is 11.0. The van der Waals surface area contributed by atoms with E-state index in [0.717, 1.165) is 25.1 Å². The molecule has 5 nitrogen and oxygen atoms in total. The van der Waals surface area contributed by atoms with E-state index in [1.54, 1.807) is 0 Å². The summed E-state index contributed by atoms with van der Waals surface area (Å²) in [5.74, 6) is 0.0489. The molecule has 3 rings (SSSR count). The number of hydrogen-bond acceptors (Lipinski definition) is 4. The summed E-state index contributed by atoms with van der Waals surface area (Å²) in [6.45, 7) is 6.82. The minimum absolute atomic E-state index is 0.00805. The van der Waals surface area contributed by atoms with Crippen LogP contribution in [0.2, 0.25) is 0 Å². The molecule has 2 atom stereocenters. The van der Waals surface area contributed by atoms with Crippen molar-refractivity contribution in [3.8, 4) is 0 Å². The number of cyclic esters (lactones) is 1. The van der Waals surface area contributed by atoms with E-state index in [9.17, 15) is 9.59 Å². The lowest BCUT2D eigenvalue weighted by Crippen LogP contribution is -2.53. The Morgan fingerprint density at radius 2 is 1.83 bits per heavy atom. The maximum absolute atomic E-state index is 12.4. The second-order valence-corrected chi connectivity index (χ2v) is 6.58. The highest BCUT2D eigenvalue weighted by atomic mass is 16.6. The number of rotatable bonds is 3. The molecule has 2 fully saturated rings. The predicted octanol–water partition coefficient (Wildman–Crippen LogP) is 1.39. The molecule has 0 radical (unpaired) electrons. The van der Waals surface area contributed by atoms with Crippen LogP contribution in [0, 0.1) is 6.92 Å². The van der Waals surface area contributed by atoms with Gasteiger partial charge in [-0.25, -0.2) is 0 Å². The maximum Gasteiger partial charge on any atom is 0.323 e. The van der Waals surface area contributed by atoms with Gasteiger partial charge < -0.3 is 9.64 Å². The van der Waals surface area contributed by atoms with E-state index in [4.69, 9.17) is 4.74 Å². The van der Waals surface area contributed by atoms with Gasteiger partial charge >= 0.3 is 5.97 Å². The van der Waals surface area contributed by atoms with Gasteiger partial charge in [-0.2, -0.15) is 0 Å². The lowest BCUT2D eigenvalue weighted by atomic mass is 10.1. The maximum atomic E-state index is 12.4. The lowest BCUT2D eigenvalue weighted by Gasteiger charge is -2.36. The van der Waals surface area contributed by atoms with Gasteiger partial charge in [0.25, 0.3) is 0 Å². The van der Waals surface area contributed by atoms with Crippen LogP contribution in [0.15, 0.2) is 24.3 Å². The van der Waals surface area contributed by atoms with Crippen LogP contribution in [-0.4, -0.2) is 60.0 Å². The number of benzene rings is 1. The zero-order valence-corrected chi connectivity index (χ0v) is 13.8. The normalized spacial score (nSPS) is 25.5. The second kappa shape index (κ2) is 6.71. The van der Waals surface area contributed by atoms with Crippen molar-refractivity contribution < 1.29 is 14.3 Å². The van der Waals surface area contributed by atoms with E-state index in [1.807, 2.05) is 43.0 Å². The number of esters is 1. The minimum atomic E-state index is -0.126. The molecule has 0 unspecified atom stereocenters. The number of aryl methyl sites for hydroxylation is 1. The Balaban J connectivity index is 1.51. The summed E-state index contributed by atoms with van der Waals surface area (Å²) in [5.41, 5.74) is 2.25. The predicted molar refractivity (Wildman–Crippen MR) is 87.0 cm³/mol. The minimum Gasteiger partial charge on any atom is -0.461 e. The van der Waals surface area contributed by atoms with Gasteiger partial charge in [0.15, 0.2) is 0 Å². The van der Waals surface area contributed by atoms with E-state index >= 15 is 0 Å². The average Bonchev–Trinajstić information content (AvgIpc) is 2.88. The number of ether oxygens (including phenoxy) is 1. The number of carbonyl (C=O) groups excluding carboxylic acids is 2. The first-order valence-electron chi connectivity index (χ1n) is 8.31. The Bertz CT molecular complexity index is 576. The molecule has 2 aliphatic heterocycles. The molecule has 2 saturated heterocycles. The molecule has 0 bridgehead atoms. The van der Waals surface area contributed by atoms with Crippen LogP contribution in [0.25, 0.3) is 0 Å². The number of piperazine rings is 1. The summed E-state index contributed by atoms with van der Waals surface area (Å²) in [4.78, 5) is 28.3. The van der Waals surface area contributed by atoms with Gasteiger partial charge in [0, 0.05) is 32.6 Å². The Kier molecular flexibility index (Phi) is 4.66. The molecule has 23 heavy (non-hydrogen) atoms. The van der Waals surface area contributed by atoms with Crippen LogP contribution in [0.1, 0.15) is 24.5 Å². The fourth-order valence-electron chi connectivity index (χ4n) is 3.31. The highest BCUT2D eigenvalue weighted by Crippen LogP contribution is 2.21. The fourth-order valence-corrected chi connectivity index (χ4v) is 3.31. The molecule has 1 aromatic carbocycles. The molecular formula is C18H24N2O3. The summed E-state index contributed by atoms with van der Waals surface area (Å²) < 4.78 is 5.23. The molecule has 5 heteroatoms. The molecule has 124 valence electrons.